The lowest BCUT2D eigenvalue weighted by Gasteiger charge is -2.38. The molecule has 1 N–H and O–H groups in total. The Morgan fingerprint density at radius 3 is 2.70 bits per heavy atom. The van der Waals surface area contributed by atoms with Crippen LogP contribution in [0.25, 0.3) is 0 Å². The fraction of sp³-hybridized carbons (Fsp3) is 0.700. The van der Waals surface area contributed by atoms with Crippen LogP contribution in [0.5, 0.6) is 0 Å². The number of anilines is 1. The predicted molar refractivity (Wildman–Crippen MR) is 101 cm³/mol. The number of ether oxygens (including phenoxy) is 1. The van der Waals surface area contributed by atoms with Crippen LogP contribution in [-0.4, -0.2) is 72.7 Å². The first-order chi connectivity index (χ1) is 13.2. The average molecular weight is 376 g/mol. The molecule has 1 saturated carbocycles. The third-order valence-electron chi connectivity index (χ3n) is 5.91. The van der Waals surface area contributed by atoms with E-state index in [4.69, 9.17) is 4.74 Å². The van der Waals surface area contributed by atoms with E-state index in [0.29, 0.717) is 24.7 Å². The molecule has 3 heterocycles. The summed E-state index contributed by atoms with van der Waals surface area (Å²) in [6, 6.07) is 1.61. The predicted octanol–water partition coefficient (Wildman–Crippen LogP) is 1.98. The first-order valence-corrected chi connectivity index (χ1v) is 10.1. The summed E-state index contributed by atoms with van der Waals surface area (Å²) < 4.78 is 19.3. The van der Waals surface area contributed by atoms with Crippen LogP contribution in [0.4, 0.5) is 10.1 Å². The van der Waals surface area contributed by atoms with E-state index >= 15 is 0 Å². The normalized spacial score (nSPS) is 25.0. The molecule has 3 aliphatic rings. The Kier molecular flexibility index (Phi) is 5.88. The van der Waals surface area contributed by atoms with Gasteiger partial charge in [0.2, 0.25) is 5.91 Å². The molecule has 0 spiro atoms. The summed E-state index contributed by atoms with van der Waals surface area (Å²) in [4.78, 5) is 20.5. The number of hydrogen-bond donors (Lipinski definition) is 1. The van der Waals surface area contributed by atoms with Crippen LogP contribution in [0.15, 0.2) is 18.5 Å². The molecule has 4 rings (SSSR count). The van der Waals surface area contributed by atoms with Crippen LogP contribution in [0.1, 0.15) is 25.7 Å². The Hall–Kier alpha value is -1.73. The lowest BCUT2D eigenvalue weighted by atomic mass is 9.95. The highest BCUT2D eigenvalue weighted by molar-refractivity contribution is 5.78. The summed E-state index contributed by atoms with van der Waals surface area (Å²) in [7, 11) is 0. The highest BCUT2D eigenvalue weighted by Gasteiger charge is 2.31. The SMILES string of the molecule is O=C1CO[C@@H](CNc2ccncc2F)CN1CC1CCN(CC2CC2)CC1. The minimum Gasteiger partial charge on any atom is -0.380 e. The number of amides is 1. The smallest absolute Gasteiger partial charge is 0.248 e. The van der Waals surface area contributed by atoms with Crippen molar-refractivity contribution in [3.8, 4) is 0 Å². The highest BCUT2D eigenvalue weighted by Crippen LogP contribution is 2.31. The Bertz CT molecular complexity index is 647. The van der Waals surface area contributed by atoms with Crippen molar-refractivity contribution in [2.75, 3.05) is 51.2 Å². The zero-order chi connectivity index (χ0) is 18.6. The maximum absolute atomic E-state index is 13.7. The molecule has 1 aromatic rings. The number of nitrogens with zero attached hydrogens (tertiary/aromatic N) is 3. The summed E-state index contributed by atoms with van der Waals surface area (Å²) in [5, 5.41) is 3.07. The second-order valence-corrected chi connectivity index (χ2v) is 8.16. The van der Waals surface area contributed by atoms with Crippen molar-refractivity contribution in [3.05, 3.63) is 24.3 Å². The zero-order valence-electron chi connectivity index (χ0n) is 15.8. The number of morpholine rings is 1. The molecule has 1 aliphatic carbocycles. The van der Waals surface area contributed by atoms with E-state index in [2.05, 4.69) is 15.2 Å². The zero-order valence-corrected chi connectivity index (χ0v) is 15.8. The maximum Gasteiger partial charge on any atom is 0.248 e. The molecule has 148 valence electrons. The van der Waals surface area contributed by atoms with E-state index in [1.807, 2.05) is 4.90 Å². The van der Waals surface area contributed by atoms with E-state index in [0.717, 1.165) is 25.6 Å². The minimum atomic E-state index is -0.376. The number of likely N-dealkylation sites (tertiary alicyclic amines) is 1. The fourth-order valence-electron chi connectivity index (χ4n) is 4.05. The van der Waals surface area contributed by atoms with Crippen molar-refractivity contribution < 1.29 is 13.9 Å². The molecule has 6 nitrogen and oxygen atoms in total. The standard InChI is InChI=1S/C20H29FN4O2/c21-18-10-22-6-3-19(18)23-9-17-13-25(20(26)14-27-17)12-16-4-7-24(8-5-16)11-15-1-2-15/h3,6,10,15-17H,1-2,4-5,7-9,11-14H2,(H,22,23)/t17-/m0/s1. The van der Waals surface area contributed by atoms with E-state index in [-0.39, 0.29) is 24.4 Å². The lowest BCUT2D eigenvalue weighted by Crippen LogP contribution is -2.51. The third kappa shape index (κ3) is 5.17. The van der Waals surface area contributed by atoms with E-state index in [1.165, 1.54) is 38.4 Å². The highest BCUT2D eigenvalue weighted by atomic mass is 19.1. The molecule has 0 radical (unpaired) electrons. The van der Waals surface area contributed by atoms with Crippen molar-refractivity contribution in [1.29, 1.82) is 0 Å². The first kappa shape index (κ1) is 18.6. The Morgan fingerprint density at radius 1 is 1.19 bits per heavy atom. The fourth-order valence-corrected chi connectivity index (χ4v) is 4.05. The van der Waals surface area contributed by atoms with Gasteiger partial charge >= 0.3 is 0 Å². The number of hydrogen-bond acceptors (Lipinski definition) is 5. The van der Waals surface area contributed by atoms with Gasteiger partial charge in [-0.15, -0.1) is 0 Å². The number of aromatic nitrogens is 1. The quantitative estimate of drug-likeness (QED) is 0.789. The van der Waals surface area contributed by atoms with Crippen LogP contribution in [0.2, 0.25) is 0 Å². The van der Waals surface area contributed by atoms with Gasteiger partial charge in [0.15, 0.2) is 5.82 Å². The minimum absolute atomic E-state index is 0.0711. The topological polar surface area (TPSA) is 57.7 Å². The summed E-state index contributed by atoms with van der Waals surface area (Å²) in [5.74, 6) is 1.22. The second kappa shape index (κ2) is 8.52. The summed E-state index contributed by atoms with van der Waals surface area (Å²) in [5.41, 5.74) is 0.417. The molecule has 3 fully saturated rings. The number of piperidine rings is 1. The van der Waals surface area contributed by atoms with Gasteiger partial charge in [0.1, 0.15) is 6.61 Å². The molecule has 0 bridgehead atoms. The molecule has 1 atom stereocenters. The molecule has 1 aromatic heterocycles. The van der Waals surface area contributed by atoms with Crippen molar-refractivity contribution >= 4 is 11.6 Å². The molecule has 0 aromatic carbocycles. The third-order valence-corrected chi connectivity index (χ3v) is 5.91. The van der Waals surface area contributed by atoms with Gasteiger partial charge in [-0.25, -0.2) is 4.39 Å². The number of pyridine rings is 1. The number of rotatable bonds is 7. The van der Waals surface area contributed by atoms with E-state index in [1.54, 1.807) is 12.3 Å². The van der Waals surface area contributed by atoms with Gasteiger partial charge in [-0.1, -0.05) is 0 Å². The molecular weight excluding hydrogens is 347 g/mol. The van der Waals surface area contributed by atoms with Crippen molar-refractivity contribution in [2.24, 2.45) is 11.8 Å². The van der Waals surface area contributed by atoms with Gasteiger partial charge in [0.25, 0.3) is 0 Å². The van der Waals surface area contributed by atoms with Crippen LogP contribution in [-0.2, 0) is 9.53 Å². The van der Waals surface area contributed by atoms with Gasteiger partial charge in [0.05, 0.1) is 18.0 Å². The van der Waals surface area contributed by atoms with Crippen LogP contribution in [0, 0.1) is 17.7 Å². The monoisotopic (exact) mass is 376 g/mol. The lowest BCUT2D eigenvalue weighted by molar-refractivity contribution is -0.149. The number of carbonyl (C=O) groups is 1. The summed E-state index contributed by atoms with van der Waals surface area (Å²) in [6.45, 7) is 5.57. The number of halogens is 1. The average Bonchev–Trinajstić information content (AvgIpc) is 3.49. The Labute approximate surface area is 160 Å². The van der Waals surface area contributed by atoms with Crippen LogP contribution < -0.4 is 5.32 Å². The largest absolute Gasteiger partial charge is 0.380 e. The Balaban J connectivity index is 1.23. The molecule has 1 amide bonds. The first-order valence-electron chi connectivity index (χ1n) is 10.1. The molecule has 7 heteroatoms. The molecule has 27 heavy (non-hydrogen) atoms. The van der Waals surface area contributed by atoms with Gasteiger partial charge in [-0.3, -0.25) is 9.78 Å². The molecular formula is C20H29FN4O2. The van der Waals surface area contributed by atoms with Crippen molar-refractivity contribution in [3.63, 3.8) is 0 Å². The summed E-state index contributed by atoms with van der Waals surface area (Å²) in [6.07, 6.45) is 7.77. The summed E-state index contributed by atoms with van der Waals surface area (Å²) >= 11 is 0. The Morgan fingerprint density at radius 2 is 1.96 bits per heavy atom. The molecule has 0 unspecified atom stereocenters. The van der Waals surface area contributed by atoms with Crippen molar-refractivity contribution in [2.45, 2.75) is 31.8 Å². The van der Waals surface area contributed by atoms with E-state index in [9.17, 15) is 9.18 Å². The van der Waals surface area contributed by atoms with Crippen LogP contribution in [0.3, 0.4) is 0 Å². The molecule has 2 aliphatic heterocycles. The van der Waals surface area contributed by atoms with Crippen LogP contribution >= 0.6 is 0 Å². The number of carbonyl (C=O) groups excluding carboxylic acids is 1. The van der Waals surface area contributed by atoms with Gasteiger partial charge < -0.3 is 19.9 Å². The molecule has 2 saturated heterocycles. The van der Waals surface area contributed by atoms with Gasteiger partial charge in [0, 0.05) is 32.4 Å². The maximum atomic E-state index is 13.7. The van der Waals surface area contributed by atoms with Gasteiger partial charge in [-0.05, 0) is 56.7 Å². The van der Waals surface area contributed by atoms with Crippen molar-refractivity contribution in [1.82, 2.24) is 14.8 Å². The number of nitrogens with one attached hydrogen (secondary N) is 1. The van der Waals surface area contributed by atoms with E-state index < -0.39 is 0 Å². The second-order valence-electron chi connectivity index (χ2n) is 8.16. The van der Waals surface area contributed by atoms with Gasteiger partial charge in [-0.2, -0.15) is 0 Å².